The Hall–Kier alpha value is -3.02. The van der Waals surface area contributed by atoms with Gasteiger partial charge in [-0.2, -0.15) is 0 Å². The second-order valence-electron chi connectivity index (χ2n) is 6.16. The lowest BCUT2D eigenvalue weighted by atomic mass is 10.1. The minimum atomic E-state index is -1.62. The van der Waals surface area contributed by atoms with Crippen LogP contribution in [0.4, 0.5) is 5.82 Å². The molecule has 10 nitrogen and oxygen atoms in total. The maximum absolute atomic E-state index is 10.1. The number of ether oxygens (including phenoxy) is 2. The molecule has 3 rings (SSSR count). The number of nitrogens with zero attached hydrogens (tertiary/aromatic N) is 2. The number of aliphatic hydroxyl groups excluding tert-OH is 3. The molecule has 3 unspecified atom stereocenters. The highest BCUT2D eigenvalue weighted by molar-refractivity contribution is 5.83. The second-order valence-corrected chi connectivity index (χ2v) is 6.16. The SMILES string of the molecule is NNc1ccc(OCCNC(O)C(O)C(O)Oc2ccc3ccccc3c2)nn1. The van der Waals surface area contributed by atoms with Gasteiger partial charge in [-0.3, -0.25) is 5.32 Å². The van der Waals surface area contributed by atoms with E-state index in [1.807, 2.05) is 30.3 Å². The normalized spacial score (nSPS) is 14.2. The summed E-state index contributed by atoms with van der Waals surface area (Å²) in [5.74, 6) is 6.25. The molecule has 29 heavy (non-hydrogen) atoms. The zero-order chi connectivity index (χ0) is 20.6. The predicted molar refractivity (Wildman–Crippen MR) is 106 cm³/mol. The van der Waals surface area contributed by atoms with E-state index in [0.717, 1.165) is 10.8 Å². The summed E-state index contributed by atoms with van der Waals surface area (Å²) in [6, 6.07) is 16.1. The molecule has 1 aromatic heterocycles. The van der Waals surface area contributed by atoms with E-state index >= 15 is 0 Å². The molecule has 0 aliphatic heterocycles. The number of benzene rings is 2. The molecule has 10 heteroatoms. The molecule has 0 radical (unpaired) electrons. The van der Waals surface area contributed by atoms with E-state index in [4.69, 9.17) is 15.3 Å². The van der Waals surface area contributed by atoms with Crippen molar-refractivity contribution in [3.63, 3.8) is 0 Å². The van der Waals surface area contributed by atoms with Crippen molar-refractivity contribution in [2.75, 3.05) is 18.6 Å². The minimum Gasteiger partial charge on any atom is -0.475 e. The van der Waals surface area contributed by atoms with Crippen LogP contribution in [-0.2, 0) is 0 Å². The molecule has 0 fully saturated rings. The lowest BCUT2D eigenvalue weighted by molar-refractivity contribution is -0.149. The van der Waals surface area contributed by atoms with Crippen molar-refractivity contribution in [3.05, 3.63) is 54.6 Å². The average Bonchev–Trinajstić information content (AvgIpc) is 2.76. The van der Waals surface area contributed by atoms with Gasteiger partial charge in [0, 0.05) is 12.6 Å². The zero-order valence-corrected chi connectivity index (χ0v) is 15.5. The van der Waals surface area contributed by atoms with Crippen molar-refractivity contribution < 1.29 is 24.8 Å². The highest BCUT2D eigenvalue weighted by Crippen LogP contribution is 2.21. The maximum atomic E-state index is 10.1. The number of aliphatic hydroxyl groups is 3. The number of nitrogens with two attached hydrogens (primary N) is 1. The standard InChI is InChI=1S/C19H23N5O5/c20-22-15-7-8-16(24-23-15)28-10-9-21-18(26)17(25)19(27)29-14-6-5-12-3-1-2-4-13(12)11-14/h1-8,11,17-19,21,25-27H,9-10,20H2,(H,22,23). The van der Waals surface area contributed by atoms with Crippen molar-refractivity contribution in [3.8, 4) is 11.6 Å². The number of aromatic nitrogens is 2. The molecule has 7 N–H and O–H groups in total. The van der Waals surface area contributed by atoms with E-state index in [9.17, 15) is 15.3 Å². The molecule has 0 aliphatic rings. The zero-order valence-electron chi connectivity index (χ0n) is 15.5. The van der Waals surface area contributed by atoms with Gasteiger partial charge in [0.15, 0.2) is 11.9 Å². The molecule has 0 amide bonds. The molecular formula is C19H23N5O5. The molecular weight excluding hydrogens is 378 g/mol. The Kier molecular flexibility index (Phi) is 7.11. The number of nitrogen functional groups attached to an aromatic ring is 1. The van der Waals surface area contributed by atoms with Gasteiger partial charge in [-0.1, -0.05) is 30.3 Å². The van der Waals surface area contributed by atoms with Gasteiger partial charge in [0.1, 0.15) is 18.6 Å². The minimum absolute atomic E-state index is 0.148. The van der Waals surface area contributed by atoms with Crippen LogP contribution in [0.15, 0.2) is 54.6 Å². The number of hydrazine groups is 1. The third kappa shape index (κ3) is 5.73. The van der Waals surface area contributed by atoms with Crippen LogP contribution in [0.5, 0.6) is 11.6 Å². The average molecular weight is 401 g/mol. The molecule has 154 valence electrons. The lowest BCUT2D eigenvalue weighted by Crippen LogP contribution is -2.49. The Bertz CT molecular complexity index is 911. The summed E-state index contributed by atoms with van der Waals surface area (Å²) in [6.45, 7) is 0.328. The van der Waals surface area contributed by atoms with Gasteiger partial charge in [0.25, 0.3) is 0 Å². The van der Waals surface area contributed by atoms with Crippen molar-refractivity contribution in [1.82, 2.24) is 15.5 Å². The molecule has 0 bridgehead atoms. The highest BCUT2D eigenvalue weighted by Gasteiger charge is 2.26. The molecule has 0 saturated carbocycles. The molecule has 3 atom stereocenters. The van der Waals surface area contributed by atoms with Gasteiger partial charge in [0.05, 0.1) is 0 Å². The van der Waals surface area contributed by atoms with Gasteiger partial charge >= 0.3 is 0 Å². The smallest absolute Gasteiger partial charge is 0.233 e. The van der Waals surface area contributed by atoms with Gasteiger partial charge in [-0.25, -0.2) is 5.84 Å². The van der Waals surface area contributed by atoms with E-state index in [1.165, 1.54) is 0 Å². The molecule has 1 heterocycles. The molecule has 2 aromatic carbocycles. The quantitative estimate of drug-likeness (QED) is 0.118. The van der Waals surface area contributed by atoms with Crippen LogP contribution in [0.1, 0.15) is 0 Å². The maximum Gasteiger partial charge on any atom is 0.233 e. The number of anilines is 1. The summed E-state index contributed by atoms with van der Waals surface area (Å²) in [7, 11) is 0. The van der Waals surface area contributed by atoms with Crippen molar-refractivity contribution in [2.45, 2.75) is 18.6 Å². The van der Waals surface area contributed by atoms with E-state index in [-0.39, 0.29) is 19.0 Å². The van der Waals surface area contributed by atoms with Crippen LogP contribution in [0.3, 0.4) is 0 Å². The molecule has 0 saturated heterocycles. The Morgan fingerprint density at radius 2 is 1.76 bits per heavy atom. The predicted octanol–water partition coefficient (Wildman–Crippen LogP) is -0.0395. The van der Waals surface area contributed by atoms with Crippen LogP contribution >= 0.6 is 0 Å². The van der Waals surface area contributed by atoms with E-state index < -0.39 is 18.6 Å². The second kappa shape index (κ2) is 9.96. The number of hydrogen-bond donors (Lipinski definition) is 6. The van der Waals surface area contributed by atoms with Crippen molar-refractivity contribution in [1.29, 1.82) is 0 Å². The summed E-state index contributed by atoms with van der Waals surface area (Å²) in [4.78, 5) is 0. The third-order valence-electron chi connectivity index (χ3n) is 4.09. The molecule has 0 spiro atoms. The van der Waals surface area contributed by atoms with Crippen LogP contribution in [-0.4, -0.2) is 57.3 Å². The van der Waals surface area contributed by atoms with Gasteiger partial charge < -0.3 is 30.2 Å². The number of rotatable bonds is 10. The Morgan fingerprint density at radius 1 is 0.966 bits per heavy atom. The van der Waals surface area contributed by atoms with Crippen molar-refractivity contribution in [2.24, 2.45) is 5.84 Å². The fourth-order valence-electron chi connectivity index (χ4n) is 2.56. The van der Waals surface area contributed by atoms with E-state index in [2.05, 4.69) is 20.9 Å². The van der Waals surface area contributed by atoms with Gasteiger partial charge in [0.2, 0.25) is 12.2 Å². The fourth-order valence-corrected chi connectivity index (χ4v) is 2.56. The van der Waals surface area contributed by atoms with Crippen LogP contribution in [0.25, 0.3) is 10.8 Å². The van der Waals surface area contributed by atoms with E-state index in [0.29, 0.717) is 11.6 Å². The van der Waals surface area contributed by atoms with Crippen LogP contribution < -0.4 is 26.1 Å². The van der Waals surface area contributed by atoms with E-state index in [1.54, 1.807) is 24.3 Å². The Balaban J connectivity index is 1.43. The summed E-state index contributed by atoms with van der Waals surface area (Å²) in [5, 5.41) is 42.2. The highest BCUT2D eigenvalue weighted by atomic mass is 16.6. The van der Waals surface area contributed by atoms with Crippen LogP contribution in [0.2, 0.25) is 0 Å². The number of hydrogen-bond acceptors (Lipinski definition) is 10. The van der Waals surface area contributed by atoms with Crippen LogP contribution in [0, 0.1) is 0 Å². The Labute approximate surface area is 166 Å². The monoisotopic (exact) mass is 401 g/mol. The first-order chi connectivity index (χ1) is 14.1. The topological polar surface area (TPSA) is 155 Å². The number of nitrogens with one attached hydrogen (secondary N) is 2. The molecule has 3 aromatic rings. The van der Waals surface area contributed by atoms with Gasteiger partial charge in [-0.15, -0.1) is 10.2 Å². The largest absolute Gasteiger partial charge is 0.475 e. The first-order valence-electron chi connectivity index (χ1n) is 8.93. The summed E-state index contributed by atoms with van der Waals surface area (Å²) < 4.78 is 10.7. The summed E-state index contributed by atoms with van der Waals surface area (Å²) in [6.07, 6.45) is -4.62. The molecule has 0 aliphatic carbocycles. The van der Waals surface area contributed by atoms with Crippen molar-refractivity contribution >= 4 is 16.6 Å². The number of fused-ring (bicyclic) bond motifs is 1. The lowest BCUT2D eigenvalue weighted by Gasteiger charge is -2.24. The first-order valence-corrected chi connectivity index (χ1v) is 8.93. The first kappa shape index (κ1) is 20.7. The van der Waals surface area contributed by atoms with Gasteiger partial charge in [-0.05, 0) is 29.0 Å². The fraction of sp³-hybridized carbons (Fsp3) is 0.263. The Morgan fingerprint density at radius 3 is 2.48 bits per heavy atom. The summed E-state index contributed by atoms with van der Waals surface area (Å²) in [5.41, 5.74) is 2.35. The summed E-state index contributed by atoms with van der Waals surface area (Å²) >= 11 is 0. The third-order valence-corrected chi connectivity index (χ3v) is 4.09.